The van der Waals surface area contributed by atoms with Crippen molar-refractivity contribution in [2.75, 3.05) is 5.75 Å². The third-order valence-electron chi connectivity index (χ3n) is 4.26. The molecule has 1 aliphatic carbocycles. The van der Waals surface area contributed by atoms with Crippen molar-refractivity contribution >= 4 is 27.6 Å². The van der Waals surface area contributed by atoms with Gasteiger partial charge in [0, 0.05) is 12.3 Å². The zero-order chi connectivity index (χ0) is 18.5. The minimum Gasteiger partial charge on any atom is -0.489 e. The number of carbonyl (C=O) groups excluding carboxylic acids is 1. The molecule has 3 rings (SSSR count). The Hall–Kier alpha value is -1.73. The predicted molar refractivity (Wildman–Crippen MR) is 100 cm³/mol. The van der Waals surface area contributed by atoms with Crippen LogP contribution in [0.4, 0.5) is 0 Å². The number of fused-ring (bicyclic) bond motifs is 1. The maximum absolute atomic E-state index is 12.6. The molecule has 0 amide bonds. The summed E-state index contributed by atoms with van der Waals surface area (Å²) in [6.45, 7) is 1.39. The molecule has 2 aliphatic rings. The van der Waals surface area contributed by atoms with Crippen molar-refractivity contribution in [3.63, 3.8) is 0 Å². The van der Waals surface area contributed by atoms with Crippen molar-refractivity contribution in [1.29, 1.82) is 0 Å². The van der Waals surface area contributed by atoms with Gasteiger partial charge in [0.25, 0.3) is 0 Å². The van der Waals surface area contributed by atoms with Crippen LogP contribution in [-0.2, 0) is 35.9 Å². The van der Waals surface area contributed by atoms with Crippen molar-refractivity contribution in [2.24, 2.45) is 0 Å². The van der Waals surface area contributed by atoms with Crippen molar-refractivity contribution in [1.82, 2.24) is 0 Å². The second-order valence-electron chi connectivity index (χ2n) is 6.25. The molecule has 140 valence electrons. The van der Waals surface area contributed by atoms with E-state index in [-0.39, 0.29) is 23.9 Å². The van der Waals surface area contributed by atoms with Gasteiger partial charge >= 0.3 is 5.97 Å². The maximum atomic E-state index is 12.6. The summed E-state index contributed by atoms with van der Waals surface area (Å²) >= 11 is 0. The van der Waals surface area contributed by atoms with Crippen molar-refractivity contribution in [3.8, 4) is 0 Å². The lowest BCUT2D eigenvalue weighted by Gasteiger charge is -2.29. The van der Waals surface area contributed by atoms with Crippen LogP contribution in [0.3, 0.4) is 0 Å². The average molecular weight is 395 g/mol. The number of esters is 1. The molecule has 0 saturated heterocycles. The van der Waals surface area contributed by atoms with Crippen LogP contribution in [-0.4, -0.2) is 32.3 Å². The summed E-state index contributed by atoms with van der Waals surface area (Å²) in [7, 11) is -2.74. The smallest absolute Gasteiger partial charge is 0.303 e. The minimum absolute atomic E-state index is 0.169. The molecule has 1 heterocycles. The Bertz CT molecular complexity index is 784. The SMILES string of the molecule is CC(=O)O[C@H]1CC/C=C/CC[C@H]1OC1=C[S@@](=O)c2ccccc2[S@](=O)C1. The molecule has 0 N–H and O–H groups in total. The zero-order valence-electron chi connectivity index (χ0n) is 14.6. The van der Waals surface area contributed by atoms with Gasteiger partial charge in [0.2, 0.25) is 0 Å². The van der Waals surface area contributed by atoms with Gasteiger partial charge in [0.1, 0.15) is 18.0 Å². The molecule has 4 atom stereocenters. The van der Waals surface area contributed by atoms with Crippen LogP contribution in [0.15, 0.2) is 57.4 Å². The van der Waals surface area contributed by atoms with E-state index in [1.807, 2.05) is 0 Å². The lowest BCUT2D eigenvalue weighted by atomic mass is 10.00. The van der Waals surface area contributed by atoms with Crippen LogP contribution in [0.5, 0.6) is 0 Å². The summed E-state index contributed by atoms with van der Waals surface area (Å²) in [5.74, 6) is 0.258. The normalized spacial score (nSPS) is 30.0. The quantitative estimate of drug-likeness (QED) is 0.582. The molecule has 7 heteroatoms. The van der Waals surface area contributed by atoms with Gasteiger partial charge in [0.05, 0.1) is 37.1 Å². The first kappa shape index (κ1) is 19.0. The van der Waals surface area contributed by atoms with Gasteiger partial charge in [-0.3, -0.25) is 9.00 Å². The van der Waals surface area contributed by atoms with Crippen molar-refractivity contribution in [2.45, 2.75) is 54.6 Å². The first-order valence-electron chi connectivity index (χ1n) is 8.62. The Morgan fingerprint density at radius 2 is 1.69 bits per heavy atom. The Morgan fingerprint density at radius 3 is 2.38 bits per heavy atom. The average Bonchev–Trinajstić information content (AvgIpc) is 2.71. The summed E-state index contributed by atoms with van der Waals surface area (Å²) in [6, 6.07) is 7.04. The number of hydrogen-bond donors (Lipinski definition) is 0. The highest BCUT2D eigenvalue weighted by molar-refractivity contribution is 7.90. The zero-order valence-corrected chi connectivity index (χ0v) is 16.2. The van der Waals surface area contributed by atoms with E-state index in [0.717, 1.165) is 12.8 Å². The Balaban J connectivity index is 1.81. The molecule has 0 fully saturated rings. The predicted octanol–water partition coefficient (Wildman–Crippen LogP) is 3.20. The van der Waals surface area contributed by atoms with Crippen LogP contribution in [0, 0.1) is 0 Å². The van der Waals surface area contributed by atoms with Crippen LogP contribution >= 0.6 is 0 Å². The van der Waals surface area contributed by atoms with Gasteiger partial charge < -0.3 is 9.47 Å². The number of carbonyl (C=O) groups is 1. The van der Waals surface area contributed by atoms with Crippen molar-refractivity contribution in [3.05, 3.63) is 47.6 Å². The Morgan fingerprint density at radius 1 is 1.04 bits per heavy atom. The van der Waals surface area contributed by atoms with Gasteiger partial charge in [0.15, 0.2) is 0 Å². The Labute approximate surface area is 158 Å². The molecule has 1 aromatic rings. The topological polar surface area (TPSA) is 69.7 Å². The minimum atomic E-state index is -1.42. The molecule has 0 saturated carbocycles. The lowest BCUT2D eigenvalue weighted by molar-refractivity contribution is -0.154. The molecule has 0 bridgehead atoms. The summed E-state index contributed by atoms with van der Waals surface area (Å²) in [4.78, 5) is 12.6. The standard InChI is InChI=1S/C19H22O5S2/c1-14(20)23-16-8-4-2-3-5-9-17(16)24-15-12-25(21)18-10-6-7-11-19(18)26(22)13-15/h2-3,6-7,10-12,16-17H,4-5,8-9,13H2,1H3/b3-2+/t16-,17+,25+,26+/m0/s1. The van der Waals surface area contributed by atoms with Gasteiger partial charge in [-0.2, -0.15) is 0 Å². The van der Waals surface area contributed by atoms with Crippen LogP contribution in [0.1, 0.15) is 32.6 Å². The highest BCUT2D eigenvalue weighted by Crippen LogP contribution is 2.28. The summed E-state index contributed by atoms with van der Waals surface area (Å²) in [5.41, 5.74) is 0. The van der Waals surface area contributed by atoms with Crippen molar-refractivity contribution < 1.29 is 22.7 Å². The summed E-state index contributed by atoms with van der Waals surface area (Å²) in [5, 5.41) is 1.53. The number of ether oxygens (including phenoxy) is 2. The van der Waals surface area contributed by atoms with Gasteiger partial charge in [-0.05, 0) is 37.8 Å². The van der Waals surface area contributed by atoms with Crippen LogP contribution in [0.25, 0.3) is 0 Å². The molecule has 1 aromatic carbocycles. The van der Waals surface area contributed by atoms with E-state index in [1.54, 1.807) is 24.3 Å². The molecule has 5 nitrogen and oxygen atoms in total. The second kappa shape index (κ2) is 8.77. The monoisotopic (exact) mass is 394 g/mol. The molecular weight excluding hydrogens is 372 g/mol. The molecular formula is C19H22O5S2. The van der Waals surface area contributed by atoms with E-state index in [1.165, 1.54) is 12.3 Å². The lowest BCUT2D eigenvalue weighted by Crippen LogP contribution is -2.34. The fourth-order valence-corrected chi connectivity index (χ4v) is 5.80. The third kappa shape index (κ3) is 4.71. The first-order valence-corrected chi connectivity index (χ1v) is 11.2. The van der Waals surface area contributed by atoms with E-state index >= 15 is 0 Å². The van der Waals surface area contributed by atoms with E-state index in [2.05, 4.69) is 12.2 Å². The Kier molecular flexibility index (Phi) is 6.43. The number of allylic oxidation sites excluding steroid dienone is 2. The van der Waals surface area contributed by atoms with Gasteiger partial charge in [-0.1, -0.05) is 24.3 Å². The number of benzene rings is 1. The fraction of sp³-hybridized carbons (Fsp3) is 0.421. The fourth-order valence-electron chi connectivity index (χ4n) is 3.10. The van der Waals surface area contributed by atoms with E-state index in [9.17, 15) is 13.2 Å². The first-order chi connectivity index (χ1) is 12.5. The molecule has 26 heavy (non-hydrogen) atoms. The number of rotatable bonds is 3. The van der Waals surface area contributed by atoms with Gasteiger partial charge in [-0.15, -0.1) is 0 Å². The summed E-state index contributed by atoms with van der Waals surface area (Å²) in [6.07, 6.45) is 6.42. The number of hydrogen-bond acceptors (Lipinski definition) is 5. The highest BCUT2D eigenvalue weighted by atomic mass is 32.2. The van der Waals surface area contributed by atoms with Crippen LogP contribution in [0.2, 0.25) is 0 Å². The molecule has 0 aromatic heterocycles. The molecule has 0 unspecified atom stereocenters. The van der Waals surface area contributed by atoms with Gasteiger partial charge in [-0.25, -0.2) is 4.21 Å². The van der Waals surface area contributed by atoms with Crippen LogP contribution < -0.4 is 0 Å². The third-order valence-corrected chi connectivity index (χ3v) is 7.05. The second-order valence-corrected chi connectivity index (χ2v) is 8.94. The van der Waals surface area contributed by atoms with E-state index in [4.69, 9.17) is 9.47 Å². The molecule has 1 aliphatic heterocycles. The molecule has 0 spiro atoms. The maximum Gasteiger partial charge on any atom is 0.303 e. The highest BCUT2D eigenvalue weighted by Gasteiger charge is 2.29. The van der Waals surface area contributed by atoms with E-state index in [0.29, 0.717) is 28.4 Å². The summed E-state index contributed by atoms with van der Waals surface area (Å²) < 4.78 is 36.8. The largest absolute Gasteiger partial charge is 0.489 e. The molecule has 0 radical (unpaired) electrons. The van der Waals surface area contributed by atoms with E-state index < -0.39 is 21.6 Å².